The van der Waals surface area contributed by atoms with Crippen LogP contribution in [0, 0.1) is 0 Å². The van der Waals surface area contributed by atoms with Gasteiger partial charge in [0.1, 0.15) is 0 Å². The van der Waals surface area contributed by atoms with Gasteiger partial charge in [0, 0.05) is 18.7 Å². The van der Waals surface area contributed by atoms with Crippen LogP contribution >= 0.6 is 0 Å². The summed E-state index contributed by atoms with van der Waals surface area (Å²) < 4.78 is 0. The van der Waals surface area contributed by atoms with Gasteiger partial charge in [-0.15, -0.1) is 0 Å². The Bertz CT molecular complexity index is 370. The fraction of sp³-hybridized carbons (Fsp3) is 0.333. The number of amides is 1. The van der Waals surface area contributed by atoms with Crippen molar-refractivity contribution in [1.82, 2.24) is 4.90 Å². The van der Waals surface area contributed by atoms with Gasteiger partial charge < -0.3 is 10.1 Å². The van der Waals surface area contributed by atoms with E-state index in [1.807, 2.05) is 19.9 Å². The Morgan fingerprint density at radius 2 is 1.81 bits per heavy atom. The third-order valence-electron chi connectivity index (χ3n) is 2.40. The third-order valence-corrected chi connectivity index (χ3v) is 2.40. The van der Waals surface area contributed by atoms with Gasteiger partial charge in [0.25, 0.3) is 5.91 Å². The zero-order chi connectivity index (χ0) is 12.0. The second kappa shape index (κ2) is 5.90. The lowest BCUT2D eigenvalue weighted by atomic mass is 10.1. The highest BCUT2D eigenvalue weighted by Crippen LogP contribution is 2.04. The van der Waals surface area contributed by atoms with Crippen LogP contribution < -0.4 is 0 Å². The second-order valence-corrected chi connectivity index (χ2v) is 3.29. The molecule has 0 atom stereocenters. The van der Waals surface area contributed by atoms with Gasteiger partial charge in [0.15, 0.2) is 5.71 Å². The minimum absolute atomic E-state index is 0.0873. The summed E-state index contributed by atoms with van der Waals surface area (Å²) in [5.74, 6) is -0.251. The Morgan fingerprint density at radius 3 is 2.25 bits per heavy atom. The van der Waals surface area contributed by atoms with Gasteiger partial charge in [0.05, 0.1) is 0 Å². The molecule has 4 nitrogen and oxygen atoms in total. The first kappa shape index (κ1) is 12.2. The zero-order valence-corrected chi connectivity index (χ0v) is 9.55. The number of hydrogen-bond acceptors (Lipinski definition) is 3. The lowest BCUT2D eigenvalue weighted by Crippen LogP contribution is -2.36. The van der Waals surface area contributed by atoms with E-state index in [1.54, 1.807) is 29.2 Å². The van der Waals surface area contributed by atoms with E-state index in [2.05, 4.69) is 5.16 Å². The highest BCUT2D eigenvalue weighted by molar-refractivity contribution is 6.45. The minimum atomic E-state index is -0.251. The fourth-order valence-corrected chi connectivity index (χ4v) is 1.48. The van der Waals surface area contributed by atoms with Crippen molar-refractivity contribution in [3.8, 4) is 0 Å². The van der Waals surface area contributed by atoms with Crippen LogP contribution in [0.4, 0.5) is 0 Å². The molecule has 1 N–H and O–H groups in total. The number of hydrogen-bond donors (Lipinski definition) is 1. The number of rotatable bonds is 4. The topological polar surface area (TPSA) is 52.9 Å². The molecular formula is C12H16N2O2. The monoisotopic (exact) mass is 220 g/mol. The maximum Gasteiger partial charge on any atom is 0.276 e. The molecular weight excluding hydrogens is 204 g/mol. The summed E-state index contributed by atoms with van der Waals surface area (Å²) in [7, 11) is 0. The van der Waals surface area contributed by atoms with Crippen molar-refractivity contribution >= 4 is 11.6 Å². The molecule has 0 saturated heterocycles. The first-order valence-corrected chi connectivity index (χ1v) is 5.31. The van der Waals surface area contributed by atoms with Crippen LogP contribution in [-0.2, 0) is 4.79 Å². The van der Waals surface area contributed by atoms with E-state index in [9.17, 15) is 4.79 Å². The van der Waals surface area contributed by atoms with Crippen LogP contribution in [0.25, 0.3) is 0 Å². The summed E-state index contributed by atoms with van der Waals surface area (Å²) in [5, 5.41) is 12.0. The van der Waals surface area contributed by atoms with Crippen molar-refractivity contribution < 1.29 is 10.0 Å². The van der Waals surface area contributed by atoms with Gasteiger partial charge in [-0.1, -0.05) is 35.5 Å². The van der Waals surface area contributed by atoms with Crippen LogP contribution in [0.1, 0.15) is 19.4 Å². The standard InChI is InChI=1S/C12H16N2O2/c1-3-14(4-2)12(15)11(13-16)10-8-6-5-7-9-10/h5-9,16H,3-4H2,1-2H3. The number of carbonyl (C=O) groups excluding carboxylic acids is 1. The van der Waals surface area contributed by atoms with E-state index in [4.69, 9.17) is 5.21 Å². The second-order valence-electron chi connectivity index (χ2n) is 3.29. The highest BCUT2D eigenvalue weighted by Gasteiger charge is 2.19. The summed E-state index contributed by atoms with van der Waals surface area (Å²) in [5.41, 5.74) is 0.714. The molecule has 0 heterocycles. The molecule has 1 aromatic carbocycles. The Kier molecular flexibility index (Phi) is 4.51. The summed E-state index contributed by atoms with van der Waals surface area (Å²) in [6.07, 6.45) is 0. The first-order valence-electron chi connectivity index (χ1n) is 5.31. The molecule has 0 fully saturated rings. The maximum atomic E-state index is 12.0. The molecule has 0 aliphatic rings. The smallest absolute Gasteiger partial charge is 0.276 e. The molecule has 0 aliphatic heterocycles. The van der Waals surface area contributed by atoms with Crippen LogP contribution in [0.5, 0.6) is 0 Å². The molecule has 0 unspecified atom stereocenters. The molecule has 16 heavy (non-hydrogen) atoms. The van der Waals surface area contributed by atoms with Gasteiger partial charge >= 0.3 is 0 Å². The zero-order valence-electron chi connectivity index (χ0n) is 9.55. The number of benzene rings is 1. The van der Waals surface area contributed by atoms with Gasteiger partial charge in [-0.25, -0.2) is 0 Å². The largest absolute Gasteiger partial charge is 0.410 e. The van der Waals surface area contributed by atoms with Crippen LogP contribution in [0.2, 0.25) is 0 Å². The Morgan fingerprint density at radius 1 is 1.25 bits per heavy atom. The van der Waals surface area contributed by atoms with E-state index < -0.39 is 0 Å². The lowest BCUT2D eigenvalue weighted by Gasteiger charge is -2.18. The third kappa shape index (κ3) is 2.59. The van der Waals surface area contributed by atoms with Crippen molar-refractivity contribution in [2.45, 2.75) is 13.8 Å². The summed E-state index contributed by atoms with van der Waals surface area (Å²) in [4.78, 5) is 13.6. The molecule has 0 spiro atoms. The molecule has 0 aromatic heterocycles. The average Bonchev–Trinajstić information content (AvgIpc) is 2.33. The van der Waals surface area contributed by atoms with E-state index in [-0.39, 0.29) is 11.6 Å². The van der Waals surface area contributed by atoms with Crippen molar-refractivity contribution in [3.05, 3.63) is 35.9 Å². The van der Waals surface area contributed by atoms with Crippen molar-refractivity contribution in [3.63, 3.8) is 0 Å². The molecule has 0 aliphatic carbocycles. The molecule has 0 radical (unpaired) electrons. The van der Waals surface area contributed by atoms with Crippen molar-refractivity contribution in [1.29, 1.82) is 0 Å². The SMILES string of the molecule is CCN(CC)C(=O)C(=NO)c1ccccc1. The highest BCUT2D eigenvalue weighted by atomic mass is 16.4. The molecule has 0 saturated carbocycles. The minimum Gasteiger partial charge on any atom is -0.410 e. The van der Waals surface area contributed by atoms with Crippen LogP contribution in [0.15, 0.2) is 35.5 Å². The maximum absolute atomic E-state index is 12.0. The first-order chi connectivity index (χ1) is 7.74. The van der Waals surface area contributed by atoms with Crippen molar-refractivity contribution in [2.24, 2.45) is 5.16 Å². The Hall–Kier alpha value is -1.84. The summed E-state index contributed by atoms with van der Waals surface area (Å²) in [6, 6.07) is 8.94. The van der Waals surface area contributed by atoms with Crippen LogP contribution in [-0.4, -0.2) is 34.8 Å². The van der Waals surface area contributed by atoms with E-state index in [0.717, 1.165) is 0 Å². The molecule has 4 heteroatoms. The van der Waals surface area contributed by atoms with Gasteiger partial charge in [-0.05, 0) is 13.8 Å². The summed E-state index contributed by atoms with van der Waals surface area (Å²) >= 11 is 0. The van der Waals surface area contributed by atoms with Crippen LogP contribution in [0.3, 0.4) is 0 Å². The van der Waals surface area contributed by atoms with Gasteiger partial charge in [0.2, 0.25) is 0 Å². The molecule has 0 bridgehead atoms. The molecule has 1 amide bonds. The molecule has 86 valence electrons. The van der Waals surface area contributed by atoms with E-state index in [1.165, 1.54) is 0 Å². The van der Waals surface area contributed by atoms with Crippen molar-refractivity contribution in [2.75, 3.05) is 13.1 Å². The Balaban J connectivity index is 2.97. The normalized spacial score (nSPS) is 11.2. The molecule has 1 rings (SSSR count). The molecule has 1 aromatic rings. The van der Waals surface area contributed by atoms with E-state index in [0.29, 0.717) is 18.7 Å². The predicted molar refractivity (Wildman–Crippen MR) is 62.7 cm³/mol. The number of likely N-dealkylation sites (N-methyl/N-ethyl adjacent to an activating group) is 1. The predicted octanol–water partition coefficient (Wildman–Crippen LogP) is 1.73. The Labute approximate surface area is 95.2 Å². The number of nitrogens with zero attached hydrogens (tertiary/aromatic N) is 2. The quantitative estimate of drug-likeness (QED) is 0.477. The number of carbonyl (C=O) groups is 1. The summed E-state index contributed by atoms with van der Waals surface area (Å²) in [6.45, 7) is 4.98. The lowest BCUT2D eigenvalue weighted by molar-refractivity contribution is -0.123. The number of oxime groups is 1. The van der Waals surface area contributed by atoms with E-state index >= 15 is 0 Å². The van der Waals surface area contributed by atoms with Gasteiger partial charge in [-0.3, -0.25) is 4.79 Å². The van der Waals surface area contributed by atoms with Gasteiger partial charge in [-0.2, -0.15) is 0 Å². The average molecular weight is 220 g/mol. The fourth-order valence-electron chi connectivity index (χ4n) is 1.48.